The van der Waals surface area contributed by atoms with Crippen molar-refractivity contribution in [1.29, 1.82) is 0 Å². The van der Waals surface area contributed by atoms with Gasteiger partial charge in [-0.3, -0.25) is 9.59 Å². The number of hydrogen-bond donors (Lipinski definition) is 0. The summed E-state index contributed by atoms with van der Waals surface area (Å²) in [4.78, 5) is 28.5. The van der Waals surface area contributed by atoms with Gasteiger partial charge in [-0.1, -0.05) is 12.1 Å². The van der Waals surface area contributed by atoms with Crippen LogP contribution in [-0.2, 0) is 20.9 Å². The van der Waals surface area contributed by atoms with E-state index in [4.69, 9.17) is 4.74 Å². The number of carbonyl (C=O) groups is 2. The highest BCUT2D eigenvalue weighted by atomic mass is 19.1. The van der Waals surface area contributed by atoms with E-state index in [1.54, 1.807) is 15.9 Å². The fraction of sp³-hybridized carbons (Fsp3) is 0.556. The zero-order valence-electron chi connectivity index (χ0n) is 14.0. The van der Waals surface area contributed by atoms with Crippen LogP contribution in [0.15, 0.2) is 24.3 Å². The molecule has 2 amide bonds. The molecule has 1 spiro atoms. The van der Waals surface area contributed by atoms with Crippen LogP contribution >= 0.6 is 0 Å². The third-order valence-electron chi connectivity index (χ3n) is 5.00. The number of nitrogens with zero attached hydrogens (tertiary/aromatic N) is 2. The molecule has 6 heteroatoms. The summed E-state index contributed by atoms with van der Waals surface area (Å²) in [6.45, 7) is 4.58. The number of amides is 2. The molecular formula is C18H23FN2O3. The van der Waals surface area contributed by atoms with E-state index >= 15 is 0 Å². The molecule has 130 valence electrons. The van der Waals surface area contributed by atoms with E-state index in [1.165, 1.54) is 12.1 Å². The highest BCUT2D eigenvalue weighted by molar-refractivity contribution is 5.87. The average Bonchev–Trinajstić information content (AvgIpc) is 3.13. The Morgan fingerprint density at radius 2 is 2.12 bits per heavy atom. The fourth-order valence-corrected chi connectivity index (χ4v) is 3.64. The van der Waals surface area contributed by atoms with Gasteiger partial charge in [0.25, 0.3) is 0 Å². The maximum atomic E-state index is 13.3. The molecule has 3 rings (SSSR count). The zero-order valence-corrected chi connectivity index (χ0v) is 14.0. The van der Waals surface area contributed by atoms with Gasteiger partial charge < -0.3 is 14.5 Å². The minimum Gasteiger partial charge on any atom is -0.372 e. The monoisotopic (exact) mass is 334 g/mol. The van der Waals surface area contributed by atoms with Gasteiger partial charge in [0.2, 0.25) is 11.8 Å². The van der Waals surface area contributed by atoms with Crippen molar-refractivity contribution in [2.24, 2.45) is 5.41 Å². The summed E-state index contributed by atoms with van der Waals surface area (Å²) in [6.07, 6.45) is 1.45. The minimum atomic E-state index is -0.463. The Morgan fingerprint density at radius 3 is 2.88 bits per heavy atom. The number of carbonyl (C=O) groups excluding carboxylic acids is 2. The van der Waals surface area contributed by atoms with Crippen LogP contribution in [0.1, 0.15) is 25.3 Å². The lowest BCUT2D eigenvalue weighted by Crippen LogP contribution is -2.39. The number of rotatable bonds is 5. The van der Waals surface area contributed by atoms with Crippen molar-refractivity contribution < 1.29 is 18.7 Å². The van der Waals surface area contributed by atoms with Crippen molar-refractivity contribution in [3.05, 3.63) is 35.6 Å². The van der Waals surface area contributed by atoms with E-state index < -0.39 is 5.41 Å². The van der Waals surface area contributed by atoms with Crippen LogP contribution in [0.25, 0.3) is 0 Å². The maximum absolute atomic E-state index is 13.3. The molecule has 1 aromatic carbocycles. The SMILES string of the molecule is CCOCC(=O)N1CC[C@@]2(CCN(Cc3cccc(F)c3)C2=O)C1. The zero-order chi connectivity index (χ0) is 17.2. The van der Waals surface area contributed by atoms with Crippen molar-refractivity contribution in [3.63, 3.8) is 0 Å². The summed E-state index contributed by atoms with van der Waals surface area (Å²) < 4.78 is 18.5. The molecule has 2 fully saturated rings. The molecule has 0 radical (unpaired) electrons. The normalized spacial score (nSPS) is 23.5. The lowest BCUT2D eigenvalue weighted by atomic mass is 9.85. The summed E-state index contributed by atoms with van der Waals surface area (Å²) in [7, 11) is 0. The predicted octanol–water partition coefficient (Wildman–Crippen LogP) is 1.81. The quantitative estimate of drug-likeness (QED) is 0.825. The van der Waals surface area contributed by atoms with Gasteiger partial charge in [-0.15, -0.1) is 0 Å². The molecule has 1 atom stereocenters. The molecule has 0 N–H and O–H groups in total. The topological polar surface area (TPSA) is 49.9 Å². The highest BCUT2D eigenvalue weighted by Crippen LogP contribution is 2.41. The van der Waals surface area contributed by atoms with E-state index in [9.17, 15) is 14.0 Å². The first-order chi connectivity index (χ1) is 11.5. The molecule has 2 aliphatic rings. The number of hydrogen-bond acceptors (Lipinski definition) is 3. The number of likely N-dealkylation sites (tertiary alicyclic amines) is 2. The van der Waals surface area contributed by atoms with Crippen LogP contribution in [-0.4, -0.2) is 54.5 Å². The van der Waals surface area contributed by atoms with E-state index in [0.29, 0.717) is 39.2 Å². The Morgan fingerprint density at radius 1 is 1.33 bits per heavy atom. The minimum absolute atomic E-state index is 0.0508. The number of halogens is 1. The lowest BCUT2D eigenvalue weighted by molar-refractivity contribution is -0.138. The molecule has 2 heterocycles. The van der Waals surface area contributed by atoms with Crippen molar-refractivity contribution in [3.8, 4) is 0 Å². The lowest BCUT2D eigenvalue weighted by Gasteiger charge is -2.23. The first kappa shape index (κ1) is 16.9. The summed E-state index contributed by atoms with van der Waals surface area (Å²) >= 11 is 0. The third kappa shape index (κ3) is 3.29. The molecule has 2 saturated heterocycles. The van der Waals surface area contributed by atoms with Gasteiger partial charge in [-0.2, -0.15) is 0 Å². The second-order valence-electron chi connectivity index (χ2n) is 6.59. The molecule has 0 aromatic heterocycles. The molecule has 24 heavy (non-hydrogen) atoms. The van der Waals surface area contributed by atoms with Crippen molar-refractivity contribution in [2.75, 3.05) is 32.8 Å². The van der Waals surface area contributed by atoms with Gasteiger partial charge in [-0.25, -0.2) is 4.39 Å². The van der Waals surface area contributed by atoms with Crippen molar-refractivity contribution >= 4 is 11.8 Å². The predicted molar refractivity (Wildman–Crippen MR) is 86.6 cm³/mol. The van der Waals surface area contributed by atoms with Crippen LogP contribution in [0.5, 0.6) is 0 Å². The summed E-state index contributed by atoms with van der Waals surface area (Å²) in [5.41, 5.74) is 0.331. The molecule has 0 bridgehead atoms. The van der Waals surface area contributed by atoms with Crippen molar-refractivity contribution in [1.82, 2.24) is 9.80 Å². The Bertz CT molecular complexity index is 636. The largest absolute Gasteiger partial charge is 0.372 e. The van der Waals surface area contributed by atoms with Gasteiger partial charge in [0.1, 0.15) is 12.4 Å². The molecule has 1 aromatic rings. The van der Waals surface area contributed by atoms with Crippen LogP contribution in [0.2, 0.25) is 0 Å². The molecule has 0 saturated carbocycles. The van der Waals surface area contributed by atoms with Gasteiger partial charge in [0.05, 0.1) is 5.41 Å². The van der Waals surface area contributed by atoms with Gasteiger partial charge in [0.15, 0.2) is 0 Å². The Labute approximate surface area is 141 Å². The van der Waals surface area contributed by atoms with Crippen LogP contribution in [0, 0.1) is 11.2 Å². The molecular weight excluding hydrogens is 311 g/mol. The van der Waals surface area contributed by atoms with Gasteiger partial charge in [0, 0.05) is 32.8 Å². The first-order valence-electron chi connectivity index (χ1n) is 8.43. The van der Waals surface area contributed by atoms with Gasteiger partial charge in [-0.05, 0) is 37.5 Å². The Kier molecular flexibility index (Phi) is 4.85. The maximum Gasteiger partial charge on any atom is 0.248 e. The Hall–Kier alpha value is -1.95. The average molecular weight is 334 g/mol. The van der Waals surface area contributed by atoms with Crippen LogP contribution < -0.4 is 0 Å². The molecule has 0 unspecified atom stereocenters. The second kappa shape index (κ2) is 6.89. The number of ether oxygens (including phenoxy) is 1. The highest BCUT2D eigenvalue weighted by Gasteiger charge is 2.51. The fourth-order valence-electron chi connectivity index (χ4n) is 3.64. The first-order valence-corrected chi connectivity index (χ1v) is 8.43. The summed E-state index contributed by atoms with van der Waals surface area (Å²) in [5, 5.41) is 0. The standard InChI is InChI=1S/C18H23FN2O3/c1-2-24-12-16(22)21-9-7-18(13-21)6-8-20(17(18)23)11-14-4-3-5-15(19)10-14/h3-5,10H,2,6-9,11-13H2,1H3/t18-/m0/s1. The molecule has 5 nitrogen and oxygen atoms in total. The molecule has 2 aliphatic heterocycles. The van der Waals surface area contributed by atoms with E-state index in [2.05, 4.69) is 0 Å². The summed E-state index contributed by atoms with van der Waals surface area (Å²) in [5.74, 6) is -0.258. The third-order valence-corrected chi connectivity index (χ3v) is 5.00. The van der Waals surface area contributed by atoms with Crippen molar-refractivity contribution in [2.45, 2.75) is 26.3 Å². The molecule has 0 aliphatic carbocycles. The van der Waals surface area contributed by atoms with Crippen LogP contribution in [0.3, 0.4) is 0 Å². The Balaban J connectivity index is 1.63. The van der Waals surface area contributed by atoms with E-state index in [-0.39, 0.29) is 24.2 Å². The van der Waals surface area contributed by atoms with E-state index in [0.717, 1.165) is 12.0 Å². The summed E-state index contributed by atoms with van der Waals surface area (Å²) in [6, 6.07) is 6.35. The number of benzene rings is 1. The van der Waals surface area contributed by atoms with Gasteiger partial charge >= 0.3 is 0 Å². The second-order valence-corrected chi connectivity index (χ2v) is 6.59. The van der Waals surface area contributed by atoms with Crippen LogP contribution in [0.4, 0.5) is 4.39 Å². The van der Waals surface area contributed by atoms with E-state index in [1.807, 2.05) is 13.0 Å². The smallest absolute Gasteiger partial charge is 0.248 e.